The van der Waals surface area contributed by atoms with Crippen molar-refractivity contribution < 1.29 is 23.6 Å². The van der Waals surface area contributed by atoms with Crippen LogP contribution in [0.4, 0.5) is 0 Å². The number of carbonyl (C=O) groups excluding carboxylic acids is 1. The topological polar surface area (TPSA) is 110 Å². The van der Waals surface area contributed by atoms with Crippen LogP contribution in [0.1, 0.15) is 44.4 Å². The zero-order valence-corrected chi connectivity index (χ0v) is 14.3. The van der Waals surface area contributed by atoms with E-state index in [1.807, 2.05) is 0 Å². The number of hydrogen-bond donors (Lipinski definition) is 1. The summed E-state index contributed by atoms with van der Waals surface area (Å²) in [4.78, 5) is 30.2. The lowest BCUT2D eigenvalue weighted by molar-refractivity contribution is -0.149. The molecule has 1 aliphatic heterocycles. The first-order chi connectivity index (χ1) is 12.6. The third-order valence-electron chi connectivity index (χ3n) is 5.42. The number of likely N-dealkylation sites (tertiary alicyclic amines) is 1. The Hall–Kier alpha value is -2.64. The summed E-state index contributed by atoms with van der Waals surface area (Å²) >= 11 is 0. The third-order valence-corrected chi connectivity index (χ3v) is 5.42. The van der Waals surface area contributed by atoms with Gasteiger partial charge in [0.15, 0.2) is 5.76 Å². The maximum atomic E-state index is 12.8. The van der Waals surface area contributed by atoms with Gasteiger partial charge in [-0.05, 0) is 37.3 Å². The second-order valence-electron chi connectivity index (χ2n) is 6.99. The van der Waals surface area contributed by atoms with Gasteiger partial charge in [-0.2, -0.15) is 4.98 Å². The molecule has 3 unspecified atom stereocenters. The van der Waals surface area contributed by atoms with Crippen LogP contribution in [-0.2, 0) is 16.0 Å². The van der Waals surface area contributed by atoms with Crippen molar-refractivity contribution in [2.75, 3.05) is 0 Å². The molecule has 4 rings (SSSR count). The van der Waals surface area contributed by atoms with Crippen molar-refractivity contribution in [3.05, 3.63) is 24.3 Å². The molecule has 1 saturated carbocycles. The first-order valence-electron chi connectivity index (χ1n) is 9.04. The molecule has 8 nitrogen and oxygen atoms in total. The van der Waals surface area contributed by atoms with Crippen LogP contribution in [0.5, 0.6) is 0 Å². The highest BCUT2D eigenvalue weighted by Gasteiger charge is 2.47. The van der Waals surface area contributed by atoms with E-state index >= 15 is 0 Å². The average molecular weight is 359 g/mol. The van der Waals surface area contributed by atoms with E-state index in [1.54, 1.807) is 17.0 Å². The first-order valence-corrected chi connectivity index (χ1v) is 9.04. The van der Waals surface area contributed by atoms with E-state index in [4.69, 9.17) is 8.94 Å². The third kappa shape index (κ3) is 3.11. The second-order valence-corrected chi connectivity index (χ2v) is 6.99. The maximum absolute atomic E-state index is 12.8. The molecule has 2 aromatic rings. The van der Waals surface area contributed by atoms with Gasteiger partial charge in [-0.1, -0.05) is 18.0 Å². The Bertz CT molecular complexity index is 785. The Labute approximate surface area is 150 Å². The van der Waals surface area contributed by atoms with Crippen LogP contribution >= 0.6 is 0 Å². The number of furan rings is 1. The normalized spacial score (nSPS) is 25.2. The number of carbonyl (C=O) groups is 2. The van der Waals surface area contributed by atoms with Crippen LogP contribution in [0.2, 0.25) is 0 Å². The lowest BCUT2D eigenvalue weighted by Gasteiger charge is -2.33. The van der Waals surface area contributed by atoms with Crippen LogP contribution in [0, 0.1) is 5.92 Å². The van der Waals surface area contributed by atoms with Crippen LogP contribution in [0.25, 0.3) is 11.6 Å². The van der Waals surface area contributed by atoms with E-state index < -0.39 is 12.0 Å². The number of amides is 1. The summed E-state index contributed by atoms with van der Waals surface area (Å²) in [6.07, 6.45) is 6.60. The predicted molar refractivity (Wildman–Crippen MR) is 89.0 cm³/mol. The van der Waals surface area contributed by atoms with E-state index in [2.05, 4.69) is 10.1 Å². The number of hydrogen-bond acceptors (Lipinski definition) is 6. The first kappa shape index (κ1) is 16.8. The van der Waals surface area contributed by atoms with Gasteiger partial charge < -0.3 is 18.9 Å². The monoisotopic (exact) mass is 359 g/mol. The van der Waals surface area contributed by atoms with Crippen LogP contribution in [0.3, 0.4) is 0 Å². The van der Waals surface area contributed by atoms with Crippen molar-refractivity contribution in [2.45, 2.75) is 57.0 Å². The van der Waals surface area contributed by atoms with Gasteiger partial charge in [0.1, 0.15) is 6.04 Å². The van der Waals surface area contributed by atoms with Crippen molar-refractivity contribution in [1.29, 1.82) is 0 Å². The SMILES string of the molecule is O=C(O)C1CC2CCCCC2N1C(=O)CCc1nc(-c2ccco2)no1. The zero-order valence-electron chi connectivity index (χ0n) is 14.3. The van der Waals surface area contributed by atoms with Crippen molar-refractivity contribution >= 4 is 11.9 Å². The van der Waals surface area contributed by atoms with E-state index in [1.165, 1.54) is 6.26 Å². The second kappa shape index (κ2) is 6.93. The number of nitrogens with zero attached hydrogens (tertiary/aromatic N) is 3. The zero-order chi connectivity index (χ0) is 18.1. The predicted octanol–water partition coefficient (Wildman–Crippen LogP) is 2.51. The lowest BCUT2D eigenvalue weighted by Crippen LogP contribution is -2.46. The van der Waals surface area contributed by atoms with Gasteiger partial charge in [0.25, 0.3) is 0 Å². The van der Waals surface area contributed by atoms with Crippen molar-refractivity contribution in [1.82, 2.24) is 15.0 Å². The highest BCUT2D eigenvalue weighted by molar-refractivity contribution is 5.84. The number of carboxylic acids is 1. The summed E-state index contributed by atoms with van der Waals surface area (Å²) < 4.78 is 10.4. The molecule has 0 aromatic carbocycles. The quantitative estimate of drug-likeness (QED) is 0.873. The Morgan fingerprint density at radius 1 is 1.31 bits per heavy atom. The molecule has 1 aliphatic carbocycles. The van der Waals surface area contributed by atoms with Gasteiger partial charge in [-0.15, -0.1) is 0 Å². The van der Waals surface area contributed by atoms with Gasteiger partial charge in [0.2, 0.25) is 17.6 Å². The number of fused-ring (bicyclic) bond motifs is 1. The fraction of sp³-hybridized carbons (Fsp3) is 0.556. The average Bonchev–Trinajstić information content (AvgIpc) is 3.37. The molecule has 2 aromatic heterocycles. The molecule has 0 spiro atoms. The standard InChI is InChI=1S/C18H21N3O5/c22-16(8-7-15-19-17(20-26-15)14-6-3-9-25-14)21-12-5-2-1-4-11(12)10-13(21)18(23)24/h3,6,9,11-13H,1-2,4-5,7-8,10H2,(H,23,24). The van der Waals surface area contributed by atoms with E-state index in [9.17, 15) is 14.7 Å². The highest BCUT2D eigenvalue weighted by atomic mass is 16.5. The molecular weight excluding hydrogens is 338 g/mol. The highest BCUT2D eigenvalue weighted by Crippen LogP contribution is 2.40. The van der Waals surface area contributed by atoms with Gasteiger partial charge in [-0.3, -0.25) is 4.79 Å². The van der Waals surface area contributed by atoms with Crippen LogP contribution in [0.15, 0.2) is 27.3 Å². The number of aryl methyl sites for hydroxylation is 1. The van der Waals surface area contributed by atoms with Crippen molar-refractivity contribution in [3.63, 3.8) is 0 Å². The molecule has 1 N–H and O–H groups in total. The molecule has 1 amide bonds. The van der Waals surface area contributed by atoms with Crippen molar-refractivity contribution in [2.24, 2.45) is 5.92 Å². The molecular formula is C18H21N3O5. The molecule has 0 bridgehead atoms. The Morgan fingerprint density at radius 2 is 2.15 bits per heavy atom. The lowest BCUT2D eigenvalue weighted by atomic mass is 9.84. The number of aliphatic carboxylic acids is 1. The Kier molecular flexibility index (Phi) is 4.48. The Balaban J connectivity index is 1.42. The summed E-state index contributed by atoms with van der Waals surface area (Å²) in [5.41, 5.74) is 0. The van der Waals surface area contributed by atoms with E-state index in [0.29, 0.717) is 29.8 Å². The summed E-state index contributed by atoms with van der Waals surface area (Å²) in [5, 5.41) is 13.4. The summed E-state index contributed by atoms with van der Waals surface area (Å²) in [7, 11) is 0. The van der Waals surface area contributed by atoms with Crippen LogP contribution < -0.4 is 0 Å². The summed E-state index contributed by atoms with van der Waals surface area (Å²) in [6.45, 7) is 0. The molecule has 0 radical (unpaired) electrons. The van der Waals surface area contributed by atoms with Gasteiger partial charge in [0, 0.05) is 18.9 Å². The molecule has 1 saturated heterocycles. The van der Waals surface area contributed by atoms with Gasteiger partial charge in [-0.25, -0.2) is 4.79 Å². The summed E-state index contributed by atoms with van der Waals surface area (Å²) in [5.74, 6) is 0.435. The maximum Gasteiger partial charge on any atom is 0.326 e. The molecule has 26 heavy (non-hydrogen) atoms. The molecule has 2 aliphatic rings. The van der Waals surface area contributed by atoms with Crippen molar-refractivity contribution in [3.8, 4) is 11.6 Å². The molecule has 3 heterocycles. The molecule has 8 heteroatoms. The number of aromatic nitrogens is 2. The number of carboxylic acid groups (broad SMARTS) is 1. The molecule has 2 fully saturated rings. The Morgan fingerprint density at radius 3 is 2.92 bits per heavy atom. The van der Waals surface area contributed by atoms with E-state index in [0.717, 1.165) is 25.7 Å². The molecule has 138 valence electrons. The molecule has 3 atom stereocenters. The minimum atomic E-state index is -0.911. The summed E-state index contributed by atoms with van der Waals surface area (Å²) in [6, 6.07) is 2.80. The fourth-order valence-electron chi connectivity index (χ4n) is 4.24. The number of rotatable bonds is 5. The minimum absolute atomic E-state index is 0.0544. The van der Waals surface area contributed by atoms with Gasteiger partial charge >= 0.3 is 5.97 Å². The largest absolute Gasteiger partial charge is 0.480 e. The minimum Gasteiger partial charge on any atom is -0.480 e. The van der Waals surface area contributed by atoms with E-state index in [-0.39, 0.29) is 24.8 Å². The fourth-order valence-corrected chi connectivity index (χ4v) is 4.24. The van der Waals surface area contributed by atoms with Crippen LogP contribution in [-0.4, -0.2) is 44.1 Å². The smallest absolute Gasteiger partial charge is 0.326 e. The van der Waals surface area contributed by atoms with Gasteiger partial charge in [0.05, 0.1) is 6.26 Å².